The number of hydrogen-bond donors (Lipinski definition) is 0. The number of carbonyl (C=O) groups excluding carboxylic acids is 2. The first-order chi connectivity index (χ1) is 11.7. The predicted molar refractivity (Wildman–Crippen MR) is 92.5 cm³/mol. The van der Waals surface area contributed by atoms with Gasteiger partial charge >= 0.3 is 5.97 Å². The first-order valence-corrected chi connectivity index (χ1v) is 8.89. The quantitative estimate of drug-likeness (QED) is 0.784. The highest BCUT2D eigenvalue weighted by molar-refractivity contribution is 5.93. The van der Waals surface area contributed by atoms with E-state index in [0.29, 0.717) is 6.42 Å². The summed E-state index contributed by atoms with van der Waals surface area (Å²) in [5.41, 5.74) is -0.746. The van der Waals surface area contributed by atoms with Crippen LogP contribution in [-0.4, -0.2) is 35.1 Å². The number of ether oxygens (including phenoxy) is 1. The Morgan fingerprint density at radius 1 is 1.32 bits per heavy atom. The van der Waals surface area contributed by atoms with Gasteiger partial charge in [-0.25, -0.2) is 4.39 Å². The summed E-state index contributed by atoms with van der Waals surface area (Å²) in [5, 5.41) is 0. The summed E-state index contributed by atoms with van der Waals surface area (Å²) in [6.45, 7) is 7.52. The second-order valence-corrected chi connectivity index (χ2v) is 8.24. The molecule has 1 aliphatic heterocycles. The van der Waals surface area contributed by atoms with E-state index < -0.39 is 29.1 Å². The number of benzene rings is 1. The van der Waals surface area contributed by atoms with Gasteiger partial charge in [0.15, 0.2) is 0 Å². The highest BCUT2D eigenvalue weighted by atomic mass is 19.1. The maximum absolute atomic E-state index is 14.6. The molecule has 2 fully saturated rings. The van der Waals surface area contributed by atoms with Crippen LogP contribution >= 0.6 is 0 Å². The normalized spacial score (nSPS) is 30.3. The molecule has 0 unspecified atom stereocenters. The Kier molecular flexibility index (Phi) is 4.38. The molecule has 4 nitrogen and oxygen atoms in total. The minimum absolute atomic E-state index is 0.203. The molecule has 2 aliphatic rings. The number of nitrogens with zero attached hydrogens (tertiary/aromatic N) is 1. The van der Waals surface area contributed by atoms with Gasteiger partial charge in [-0.15, -0.1) is 0 Å². The molecular formula is C20H26FNO3. The number of carbonyl (C=O) groups is 2. The second kappa shape index (κ2) is 6.11. The maximum atomic E-state index is 14.6. The third-order valence-corrected chi connectivity index (χ3v) is 5.38. The van der Waals surface area contributed by atoms with E-state index in [9.17, 15) is 14.0 Å². The van der Waals surface area contributed by atoms with E-state index >= 15 is 0 Å². The van der Waals surface area contributed by atoms with E-state index in [-0.39, 0.29) is 24.9 Å². The van der Waals surface area contributed by atoms with E-state index in [1.807, 2.05) is 37.3 Å². The van der Waals surface area contributed by atoms with Crippen molar-refractivity contribution in [2.24, 2.45) is 11.3 Å². The Labute approximate surface area is 148 Å². The summed E-state index contributed by atoms with van der Waals surface area (Å²) < 4.78 is 20.1. The number of amides is 1. The lowest BCUT2D eigenvalue weighted by Crippen LogP contribution is -2.42. The molecule has 1 amide bonds. The Balaban J connectivity index is 1.91. The number of esters is 1. The van der Waals surface area contributed by atoms with E-state index in [4.69, 9.17) is 4.74 Å². The van der Waals surface area contributed by atoms with Crippen LogP contribution in [0.4, 0.5) is 4.39 Å². The molecule has 0 aromatic heterocycles. The number of rotatable bonds is 3. The highest BCUT2D eigenvalue weighted by Gasteiger charge is 2.65. The van der Waals surface area contributed by atoms with Crippen molar-refractivity contribution in [2.75, 3.05) is 6.54 Å². The number of halogens is 1. The Morgan fingerprint density at radius 3 is 2.56 bits per heavy atom. The zero-order chi connectivity index (χ0) is 18.4. The summed E-state index contributed by atoms with van der Waals surface area (Å²) >= 11 is 0. The van der Waals surface area contributed by atoms with Gasteiger partial charge in [0, 0.05) is 6.54 Å². The zero-order valence-electron chi connectivity index (χ0n) is 15.3. The topological polar surface area (TPSA) is 46.6 Å². The van der Waals surface area contributed by atoms with Crippen LogP contribution in [0.25, 0.3) is 0 Å². The van der Waals surface area contributed by atoms with Crippen LogP contribution in [0, 0.1) is 11.3 Å². The van der Waals surface area contributed by atoms with Crippen LogP contribution in [-0.2, 0) is 14.3 Å². The summed E-state index contributed by atoms with van der Waals surface area (Å²) in [4.78, 5) is 27.5. The fourth-order valence-electron chi connectivity index (χ4n) is 4.11. The first kappa shape index (κ1) is 17.9. The van der Waals surface area contributed by atoms with Crippen molar-refractivity contribution in [3.8, 4) is 0 Å². The Morgan fingerprint density at radius 2 is 1.96 bits per heavy atom. The van der Waals surface area contributed by atoms with E-state index in [1.165, 1.54) is 0 Å². The van der Waals surface area contributed by atoms with Crippen molar-refractivity contribution < 1.29 is 18.7 Å². The Hall–Kier alpha value is -1.91. The SMILES string of the molecule is C[C@H](c1ccccc1)N1C[C@]2(C(=O)OC(C)(C)C)CC[C@@H](F)[C@@H]2C1=O. The predicted octanol–water partition coefficient (Wildman–Crippen LogP) is 3.67. The molecule has 1 aliphatic carbocycles. The third kappa shape index (κ3) is 3.05. The van der Waals surface area contributed by atoms with Gasteiger partial charge in [-0.2, -0.15) is 0 Å². The molecule has 1 heterocycles. The molecule has 1 saturated carbocycles. The van der Waals surface area contributed by atoms with Crippen LogP contribution in [0.5, 0.6) is 0 Å². The molecule has 0 spiro atoms. The van der Waals surface area contributed by atoms with Crippen LogP contribution in [0.15, 0.2) is 30.3 Å². The van der Waals surface area contributed by atoms with E-state index in [0.717, 1.165) is 5.56 Å². The first-order valence-electron chi connectivity index (χ1n) is 8.89. The van der Waals surface area contributed by atoms with Gasteiger partial charge in [-0.1, -0.05) is 30.3 Å². The molecule has 3 rings (SSSR count). The number of alkyl halides is 1. The molecule has 1 aromatic carbocycles. The van der Waals surface area contributed by atoms with Crippen molar-refractivity contribution in [1.29, 1.82) is 0 Å². The minimum atomic E-state index is -1.28. The van der Waals surface area contributed by atoms with E-state index in [1.54, 1.807) is 25.7 Å². The summed E-state index contributed by atoms with van der Waals surface area (Å²) in [6, 6.07) is 9.42. The fourth-order valence-corrected chi connectivity index (χ4v) is 4.11. The third-order valence-electron chi connectivity index (χ3n) is 5.38. The van der Waals surface area contributed by atoms with Gasteiger partial charge in [-0.3, -0.25) is 9.59 Å². The lowest BCUT2D eigenvalue weighted by molar-refractivity contribution is -0.169. The van der Waals surface area contributed by atoms with Gasteiger partial charge in [0.2, 0.25) is 5.91 Å². The molecular weight excluding hydrogens is 321 g/mol. The van der Waals surface area contributed by atoms with Crippen LogP contribution < -0.4 is 0 Å². The molecule has 1 aromatic rings. The monoisotopic (exact) mass is 347 g/mol. The van der Waals surface area contributed by atoms with Crippen molar-refractivity contribution in [2.45, 2.75) is 58.4 Å². The number of hydrogen-bond acceptors (Lipinski definition) is 3. The van der Waals surface area contributed by atoms with Crippen LogP contribution in [0.1, 0.15) is 52.1 Å². The molecule has 0 N–H and O–H groups in total. The Bertz CT molecular complexity index is 669. The standard InChI is InChI=1S/C20H26FNO3/c1-13(14-8-6-5-7-9-14)22-12-20(18(24)25-19(2,3)4)11-10-15(21)16(20)17(22)23/h5-9,13,15-16H,10-12H2,1-4H3/t13-,15-,16-,20-/m1/s1. The minimum Gasteiger partial charge on any atom is -0.459 e. The van der Waals surface area contributed by atoms with Gasteiger partial charge < -0.3 is 9.64 Å². The smallest absolute Gasteiger partial charge is 0.315 e. The van der Waals surface area contributed by atoms with Crippen molar-refractivity contribution in [1.82, 2.24) is 4.90 Å². The molecule has 5 heteroatoms. The number of fused-ring (bicyclic) bond motifs is 1. The van der Waals surface area contributed by atoms with Crippen molar-refractivity contribution in [3.05, 3.63) is 35.9 Å². The lowest BCUT2D eigenvalue weighted by atomic mass is 9.80. The summed E-state index contributed by atoms with van der Waals surface area (Å²) in [7, 11) is 0. The van der Waals surface area contributed by atoms with Gasteiger partial charge in [0.25, 0.3) is 0 Å². The average Bonchev–Trinajstić information content (AvgIpc) is 3.03. The van der Waals surface area contributed by atoms with Gasteiger partial charge in [0.1, 0.15) is 17.2 Å². The lowest BCUT2D eigenvalue weighted by Gasteiger charge is -2.31. The molecule has 0 radical (unpaired) electrons. The molecule has 0 bridgehead atoms. The van der Waals surface area contributed by atoms with Gasteiger partial charge in [0.05, 0.1) is 12.0 Å². The largest absolute Gasteiger partial charge is 0.459 e. The van der Waals surface area contributed by atoms with Crippen molar-refractivity contribution >= 4 is 11.9 Å². The second-order valence-electron chi connectivity index (χ2n) is 8.24. The molecule has 25 heavy (non-hydrogen) atoms. The van der Waals surface area contributed by atoms with Crippen LogP contribution in [0.3, 0.4) is 0 Å². The maximum Gasteiger partial charge on any atom is 0.315 e. The fraction of sp³-hybridized carbons (Fsp3) is 0.600. The highest BCUT2D eigenvalue weighted by Crippen LogP contribution is 2.53. The summed E-state index contributed by atoms with van der Waals surface area (Å²) in [5.74, 6) is -1.64. The van der Waals surface area contributed by atoms with Crippen molar-refractivity contribution in [3.63, 3.8) is 0 Å². The molecule has 136 valence electrons. The average molecular weight is 347 g/mol. The van der Waals surface area contributed by atoms with Gasteiger partial charge in [-0.05, 0) is 46.1 Å². The zero-order valence-corrected chi connectivity index (χ0v) is 15.3. The van der Waals surface area contributed by atoms with Crippen LogP contribution in [0.2, 0.25) is 0 Å². The molecule has 1 saturated heterocycles. The number of likely N-dealkylation sites (tertiary alicyclic amines) is 1. The molecule has 4 atom stereocenters. The van der Waals surface area contributed by atoms with E-state index in [2.05, 4.69) is 0 Å². The summed E-state index contributed by atoms with van der Waals surface area (Å²) in [6.07, 6.45) is -0.686.